The van der Waals surface area contributed by atoms with Crippen molar-refractivity contribution in [1.29, 1.82) is 0 Å². The van der Waals surface area contributed by atoms with Gasteiger partial charge in [-0.2, -0.15) is 0 Å². The Hall–Kier alpha value is -1.52. The van der Waals surface area contributed by atoms with E-state index in [1.807, 2.05) is 6.92 Å². The van der Waals surface area contributed by atoms with Gasteiger partial charge in [-0.15, -0.1) is 4.74 Å². The molecular formula is C11H16N2O3. The fourth-order valence-electron chi connectivity index (χ4n) is 2.10. The van der Waals surface area contributed by atoms with Crippen molar-refractivity contribution in [3.8, 4) is 0 Å². The van der Waals surface area contributed by atoms with E-state index in [9.17, 15) is 9.59 Å². The van der Waals surface area contributed by atoms with Gasteiger partial charge in [-0.25, -0.2) is 9.59 Å². The second kappa shape index (κ2) is 4.15. The summed E-state index contributed by atoms with van der Waals surface area (Å²) in [5.41, 5.74) is 0.824. The van der Waals surface area contributed by atoms with E-state index < -0.39 is 5.63 Å². The maximum atomic E-state index is 12.0. The molecule has 16 heavy (non-hydrogen) atoms. The van der Waals surface area contributed by atoms with Gasteiger partial charge in [0.1, 0.15) is 0 Å². The molecule has 0 aromatic carbocycles. The van der Waals surface area contributed by atoms with Crippen LogP contribution in [0.5, 0.6) is 0 Å². The molecular weight excluding hydrogens is 208 g/mol. The van der Waals surface area contributed by atoms with Crippen LogP contribution < -0.4 is 5.63 Å². The van der Waals surface area contributed by atoms with E-state index in [4.69, 9.17) is 4.52 Å². The minimum atomic E-state index is -0.396. The lowest BCUT2D eigenvalue weighted by atomic mass is 10.2. The summed E-state index contributed by atoms with van der Waals surface area (Å²) in [6.45, 7) is 5.13. The third-order valence-electron chi connectivity index (χ3n) is 3.07. The van der Waals surface area contributed by atoms with E-state index in [1.54, 1.807) is 11.8 Å². The number of aromatic nitrogens is 1. The molecule has 2 heterocycles. The molecule has 1 aliphatic heterocycles. The minimum absolute atomic E-state index is 0.216. The first-order valence-corrected chi connectivity index (χ1v) is 5.66. The lowest BCUT2D eigenvalue weighted by molar-refractivity contribution is 0.174. The van der Waals surface area contributed by atoms with Gasteiger partial charge in [0, 0.05) is 13.1 Å². The summed E-state index contributed by atoms with van der Waals surface area (Å²) in [5.74, 6) is 0. The average molecular weight is 224 g/mol. The molecule has 0 atom stereocenters. The summed E-state index contributed by atoms with van der Waals surface area (Å²) < 4.78 is 6.11. The van der Waals surface area contributed by atoms with E-state index in [1.165, 1.54) is 0 Å². The van der Waals surface area contributed by atoms with Crippen molar-refractivity contribution in [3.05, 3.63) is 21.7 Å². The van der Waals surface area contributed by atoms with Gasteiger partial charge in [0.25, 0.3) is 0 Å². The first-order valence-electron chi connectivity index (χ1n) is 5.66. The predicted octanol–water partition coefficient (Wildman–Crippen LogP) is 1.38. The molecule has 0 aliphatic carbocycles. The smallest absolute Gasteiger partial charge is 0.327 e. The average Bonchev–Trinajstić information content (AvgIpc) is 2.86. The summed E-state index contributed by atoms with van der Waals surface area (Å²) in [7, 11) is 0. The number of amides is 1. The molecule has 5 nitrogen and oxygen atoms in total. The lowest BCUT2D eigenvalue weighted by Gasteiger charge is -2.14. The molecule has 2 rings (SSSR count). The van der Waals surface area contributed by atoms with Crippen LogP contribution >= 0.6 is 0 Å². The van der Waals surface area contributed by atoms with Gasteiger partial charge in [0.15, 0.2) is 0 Å². The van der Waals surface area contributed by atoms with E-state index in [2.05, 4.69) is 0 Å². The Labute approximate surface area is 93.6 Å². The number of hydrogen-bond donors (Lipinski definition) is 0. The Bertz CT molecular complexity index is 452. The van der Waals surface area contributed by atoms with Crippen LogP contribution in [0.2, 0.25) is 0 Å². The number of hydrogen-bond acceptors (Lipinski definition) is 3. The molecule has 0 N–H and O–H groups in total. The van der Waals surface area contributed by atoms with Gasteiger partial charge >= 0.3 is 11.7 Å². The van der Waals surface area contributed by atoms with Gasteiger partial charge in [0.2, 0.25) is 0 Å². The van der Waals surface area contributed by atoms with Gasteiger partial charge in [0.05, 0.1) is 11.3 Å². The predicted molar refractivity (Wildman–Crippen MR) is 58.7 cm³/mol. The number of carbonyl (C=O) groups is 1. The molecule has 1 fully saturated rings. The minimum Gasteiger partial charge on any atom is -0.327 e. The Morgan fingerprint density at radius 3 is 2.50 bits per heavy atom. The number of carbonyl (C=O) groups excluding carboxylic acids is 1. The highest BCUT2D eigenvalue weighted by Crippen LogP contribution is 2.12. The summed E-state index contributed by atoms with van der Waals surface area (Å²) in [6.07, 6.45) is 2.64. The Kier molecular flexibility index (Phi) is 2.85. The zero-order valence-electron chi connectivity index (χ0n) is 9.65. The normalized spacial score (nSPS) is 15.8. The third kappa shape index (κ3) is 1.66. The Morgan fingerprint density at radius 1 is 1.38 bits per heavy atom. The molecule has 1 aromatic rings. The van der Waals surface area contributed by atoms with Crippen LogP contribution in [-0.2, 0) is 6.42 Å². The van der Waals surface area contributed by atoms with Crippen molar-refractivity contribution in [2.75, 3.05) is 13.1 Å². The van der Waals surface area contributed by atoms with Crippen LogP contribution in [0.25, 0.3) is 0 Å². The van der Waals surface area contributed by atoms with E-state index in [-0.39, 0.29) is 6.03 Å². The van der Waals surface area contributed by atoms with Gasteiger partial charge < -0.3 is 9.42 Å². The van der Waals surface area contributed by atoms with Crippen LogP contribution in [0, 0.1) is 6.92 Å². The molecule has 0 saturated carbocycles. The first kappa shape index (κ1) is 11.0. The van der Waals surface area contributed by atoms with Crippen molar-refractivity contribution in [2.45, 2.75) is 33.1 Å². The van der Waals surface area contributed by atoms with E-state index in [0.717, 1.165) is 30.7 Å². The summed E-state index contributed by atoms with van der Waals surface area (Å²) in [5, 5.41) is 0. The fraction of sp³-hybridized carbons (Fsp3) is 0.636. The highest BCUT2D eigenvalue weighted by Gasteiger charge is 2.24. The Balaban J connectivity index is 2.33. The summed E-state index contributed by atoms with van der Waals surface area (Å²) in [4.78, 5) is 25.2. The molecule has 1 aromatic heterocycles. The van der Waals surface area contributed by atoms with Crippen molar-refractivity contribution >= 4 is 6.03 Å². The van der Waals surface area contributed by atoms with Crippen LogP contribution in [-0.4, -0.2) is 28.8 Å². The van der Waals surface area contributed by atoms with Crippen LogP contribution in [0.15, 0.2) is 9.32 Å². The molecule has 0 radical (unpaired) electrons. The molecule has 1 saturated heterocycles. The van der Waals surface area contributed by atoms with Gasteiger partial charge in [-0.05, 0) is 26.2 Å². The van der Waals surface area contributed by atoms with Crippen LogP contribution in [0.3, 0.4) is 0 Å². The number of rotatable bonds is 1. The highest BCUT2D eigenvalue weighted by atomic mass is 16.5. The molecule has 0 spiro atoms. The molecule has 88 valence electrons. The van der Waals surface area contributed by atoms with Crippen molar-refractivity contribution < 1.29 is 9.32 Å². The second-order valence-corrected chi connectivity index (χ2v) is 4.07. The molecule has 1 aliphatic rings. The van der Waals surface area contributed by atoms with E-state index in [0.29, 0.717) is 17.7 Å². The van der Waals surface area contributed by atoms with Crippen molar-refractivity contribution in [2.24, 2.45) is 0 Å². The van der Waals surface area contributed by atoms with Crippen molar-refractivity contribution in [3.63, 3.8) is 0 Å². The zero-order chi connectivity index (χ0) is 11.7. The monoisotopic (exact) mass is 224 g/mol. The number of likely N-dealkylation sites (tertiary alicyclic amines) is 1. The maximum Gasteiger partial charge on any atom is 0.361 e. The Morgan fingerprint density at radius 2 is 2.00 bits per heavy atom. The van der Waals surface area contributed by atoms with Crippen LogP contribution in [0.1, 0.15) is 31.0 Å². The molecule has 1 amide bonds. The van der Waals surface area contributed by atoms with Crippen LogP contribution in [0.4, 0.5) is 4.79 Å². The topological polar surface area (TPSA) is 55.5 Å². The highest BCUT2D eigenvalue weighted by molar-refractivity contribution is 5.76. The lowest BCUT2D eigenvalue weighted by Crippen LogP contribution is -2.32. The molecule has 5 heteroatoms. The summed E-state index contributed by atoms with van der Waals surface area (Å²) in [6, 6.07) is -0.216. The van der Waals surface area contributed by atoms with Crippen molar-refractivity contribution in [1.82, 2.24) is 9.64 Å². The standard InChI is InChI=1S/C11H16N2O3/c1-3-9-8(2)13(16-10(9)14)11(15)12-6-4-5-7-12/h3-7H2,1-2H3. The molecule has 0 unspecified atom stereocenters. The second-order valence-electron chi connectivity index (χ2n) is 4.07. The quantitative estimate of drug-likeness (QED) is 0.724. The fourth-order valence-corrected chi connectivity index (χ4v) is 2.10. The van der Waals surface area contributed by atoms with Gasteiger partial charge in [-0.3, -0.25) is 0 Å². The van der Waals surface area contributed by atoms with E-state index >= 15 is 0 Å². The zero-order valence-corrected chi connectivity index (χ0v) is 9.65. The van der Waals surface area contributed by atoms with Gasteiger partial charge in [-0.1, -0.05) is 6.92 Å². The third-order valence-corrected chi connectivity index (χ3v) is 3.07. The summed E-state index contributed by atoms with van der Waals surface area (Å²) >= 11 is 0. The first-order chi connectivity index (χ1) is 7.65. The maximum absolute atomic E-state index is 12.0. The number of nitrogens with zero attached hydrogens (tertiary/aromatic N) is 2. The molecule has 0 bridgehead atoms. The SMILES string of the molecule is CCc1c(C)n(C(=O)N2CCCC2)oc1=O. The largest absolute Gasteiger partial charge is 0.361 e.